The van der Waals surface area contributed by atoms with Crippen molar-refractivity contribution in [2.75, 3.05) is 32.9 Å². The van der Waals surface area contributed by atoms with Gasteiger partial charge in [0.2, 0.25) is 0 Å². The number of benzene rings is 1. The predicted octanol–water partition coefficient (Wildman–Crippen LogP) is 2.24. The Morgan fingerprint density at radius 3 is 2.86 bits per heavy atom. The molecule has 1 aromatic heterocycles. The largest absolute Gasteiger partial charge is 0.494 e. The Hall–Kier alpha value is -2.38. The van der Waals surface area contributed by atoms with E-state index in [4.69, 9.17) is 9.47 Å². The summed E-state index contributed by atoms with van der Waals surface area (Å²) in [7, 11) is 0. The molecule has 0 aliphatic carbocycles. The summed E-state index contributed by atoms with van der Waals surface area (Å²) in [5, 5.41) is 10.7. The van der Waals surface area contributed by atoms with Crippen LogP contribution >= 0.6 is 0 Å². The number of nitrogens with zero attached hydrogens (tertiary/aromatic N) is 1. The fourth-order valence-electron chi connectivity index (χ4n) is 4.66. The van der Waals surface area contributed by atoms with E-state index in [1.165, 1.54) is 0 Å². The van der Waals surface area contributed by atoms with Crippen molar-refractivity contribution in [2.24, 2.45) is 11.3 Å². The number of aromatic amines is 1. The summed E-state index contributed by atoms with van der Waals surface area (Å²) in [4.78, 5) is 29.5. The first-order valence-electron chi connectivity index (χ1n) is 9.82. The molecule has 3 heterocycles. The van der Waals surface area contributed by atoms with E-state index in [2.05, 4.69) is 9.88 Å². The van der Waals surface area contributed by atoms with Gasteiger partial charge in [0.05, 0.1) is 12.5 Å². The second-order valence-corrected chi connectivity index (χ2v) is 7.84. The summed E-state index contributed by atoms with van der Waals surface area (Å²) in [6.45, 7) is 5.31. The number of carboxylic acids is 1. The van der Waals surface area contributed by atoms with E-state index in [-0.39, 0.29) is 11.0 Å². The van der Waals surface area contributed by atoms with Gasteiger partial charge in [0.1, 0.15) is 5.75 Å². The van der Waals surface area contributed by atoms with E-state index in [1.807, 2.05) is 31.2 Å². The molecule has 28 heavy (non-hydrogen) atoms. The molecule has 2 saturated heterocycles. The van der Waals surface area contributed by atoms with Gasteiger partial charge in [-0.25, -0.2) is 0 Å². The van der Waals surface area contributed by atoms with Gasteiger partial charge in [0, 0.05) is 54.7 Å². The molecule has 1 aromatic carbocycles. The smallest absolute Gasteiger partial charge is 0.308 e. The number of rotatable bonds is 5. The number of hydrogen-bond donors (Lipinski definition) is 2. The van der Waals surface area contributed by atoms with Gasteiger partial charge in [-0.1, -0.05) is 0 Å². The van der Waals surface area contributed by atoms with Crippen LogP contribution < -0.4 is 10.3 Å². The van der Waals surface area contributed by atoms with Crippen molar-refractivity contribution in [3.8, 4) is 5.75 Å². The zero-order valence-electron chi connectivity index (χ0n) is 16.1. The normalized spacial score (nSPS) is 22.0. The molecule has 7 nitrogen and oxygen atoms in total. The van der Waals surface area contributed by atoms with Gasteiger partial charge in [0.25, 0.3) is 5.56 Å². The van der Waals surface area contributed by atoms with Crippen LogP contribution in [0.15, 0.2) is 29.1 Å². The van der Waals surface area contributed by atoms with E-state index in [1.54, 1.807) is 0 Å². The second kappa shape index (κ2) is 7.56. The first kappa shape index (κ1) is 19.0. The maximum Gasteiger partial charge on any atom is 0.308 e. The Kier molecular flexibility index (Phi) is 5.12. The van der Waals surface area contributed by atoms with Gasteiger partial charge in [0.15, 0.2) is 0 Å². The van der Waals surface area contributed by atoms with Gasteiger partial charge in [-0.2, -0.15) is 0 Å². The lowest BCUT2D eigenvalue weighted by Crippen LogP contribution is -2.40. The fourth-order valence-corrected chi connectivity index (χ4v) is 4.66. The molecule has 0 saturated carbocycles. The molecule has 2 aromatic rings. The van der Waals surface area contributed by atoms with E-state index in [0.717, 1.165) is 29.5 Å². The van der Waals surface area contributed by atoms with Crippen molar-refractivity contribution in [1.82, 2.24) is 9.88 Å². The number of carboxylic acid groups (broad SMARTS) is 1. The van der Waals surface area contributed by atoms with E-state index < -0.39 is 11.9 Å². The molecular weight excluding hydrogens is 360 g/mol. The lowest BCUT2D eigenvalue weighted by atomic mass is 9.72. The molecule has 150 valence electrons. The van der Waals surface area contributed by atoms with Crippen molar-refractivity contribution in [2.45, 2.75) is 26.3 Å². The summed E-state index contributed by atoms with van der Waals surface area (Å²) < 4.78 is 11.0. The zero-order chi connectivity index (χ0) is 19.7. The van der Waals surface area contributed by atoms with Crippen LogP contribution in [-0.4, -0.2) is 53.9 Å². The topological polar surface area (TPSA) is 91.9 Å². The molecule has 1 unspecified atom stereocenters. The maximum absolute atomic E-state index is 12.6. The van der Waals surface area contributed by atoms with Crippen LogP contribution in [0.4, 0.5) is 0 Å². The van der Waals surface area contributed by atoms with Crippen molar-refractivity contribution in [1.29, 1.82) is 0 Å². The molecule has 1 spiro atoms. The van der Waals surface area contributed by atoms with Crippen molar-refractivity contribution < 1.29 is 19.4 Å². The van der Waals surface area contributed by atoms with Crippen molar-refractivity contribution >= 4 is 16.9 Å². The highest BCUT2D eigenvalue weighted by Gasteiger charge is 2.50. The minimum Gasteiger partial charge on any atom is -0.494 e. The van der Waals surface area contributed by atoms with Crippen molar-refractivity contribution in [3.63, 3.8) is 0 Å². The summed E-state index contributed by atoms with van der Waals surface area (Å²) in [6.07, 6.45) is 1.51. The Bertz CT molecular complexity index is 932. The fraction of sp³-hybridized carbons (Fsp3) is 0.524. The van der Waals surface area contributed by atoms with Crippen LogP contribution in [0.25, 0.3) is 10.9 Å². The monoisotopic (exact) mass is 386 g/mol. The van der Waals surface area contributed by atoms with Crippen LogP contribution in [0.1, 0.15) is 25.3 Å². The van der Waals surface area contributed by atoms with Crippen LogP contribution in [0, 0.1) is 11.3 Å². The van der Waals surface area contributed by atoms with E-state index >= 15 is 0 Å². The summed E-state index contributed by atoms with van der Waals surface area (Å²) in [5.74, 6) is -0.403. The molecule has 1 atom stereocenters. The highest BCUT2D eigenvalue weighted by atomic mass is 16.5. The van der Waals surface area contributed by atoms with Crippen LogP contribution in [0.5, 0.6) is 5.75 Å². The molecule has 0 radical (unpaired) electrons. The molecule has 4 rings (SSSR count). The summed E-state index contributed by atoms with van der Waals surface area (Å²) >= 11 is 0. The standard InChI is InChI=1S/C21H26N2O5/c1-2-28-16-3-4-18-14(10-16)9-15(19(24)22-18)11-23-12-17(20(25)26)21(13-23)5-7-27-8-6-21/h3-4,9-10,17H,2,5-8,11-13H2,1H3,(H,22,24)(H,25,26). The number of ether oxygens (including phenoxy) is 2. The summed E-state index contributed by atoms with van der Waals surface area (Å²) in [6, 6.07) is 7.50. The van der Waals surface area contributed by atoms with Crippen LogP contribution in [0.3, 0.4) is 0 Å². The summed E-state index contributed by atoms with van der Waals surface area (Å²) in [5.41, 5.74) is 1.03. The van der Waals surface area contributed by atoms with Gasteiger partial charge in [-0.3, -0.25) is 14.5 Å². The van der Waals surface area contributed by atoms with Crippen LogP contribution in [0.2, 0.25) is 0 Å². The molecule has 0 amide bonds. The lowest BCUT2D eigenvalue weighted by molar-refractivity contribution is -0.147. The molecule has 0 bridgehead atoms. The first-order valence-corrected chi connectivity index (χ1v) is 9.82. The Morgan fingerprint density at radius 2 is 2.14 bits per heavy atom. The molecule has 2 fully saturated rings. The number of nitrogens with one attached hydrogen (secondary N) is 1. The number of fused-ring (bicyclic) bond motifs is 1. The third kappa shape index (κ3) is 3.52. The quantitative estimate of drug-likeness (QED) is 0.819. The number of carbonyl (C=O) groups is 1. The van der Waals surface area contributed by atoms with Crippen molar-refractivity contribution in [3.05, 3.63) is 40.2 Å². The number of pyridine rings is 1. The number of hydrogen-bond acceptors (Lipinski definition) is 5. The predicted molar refractivity (Wildman–Crippen MR) is 105 cm³/mol. The SMILES string of the molecule is CCOc1ccc2[nH]c(=O)c(CN3CC(C(=O)O)C4(CCOCC4)C3)cc2c1. The minimum absolute atomic E-state index is 0.128. The minimum atomic E-state index is -0.752. The second-order valence-electron chi connectivity index (χ2n) is 7.84. The zero-order valence-corrected chi connectivity index (χ0v) is 16.1. The molecule has 2 aliphatic rings. The first-order chi connectivity index (χ1) is 13.5. The van der Waals surface area contributed by atoms with E-state index in [9.17, 15) is 14.7 Å². The molecular formula is C21H26N2O5. The number of H-pyrrole nitrogens is 1. The third-order valence-corrected chi connectivity index (χ3v) is 6.10. The van der Waals surface area contributed by atoms with Gasteiger partial charge in [-0.15, -0.1) is 0 Å². The Morgan fingerprint density at radius 1 is 1.36 bits per heavy atom. The Labute approximate surface area is 163 Å². The van der Waals surface area contributed by atoms with Crippen LogP contribution in [-0.2, 0) is 16.1 Å². The van der Waals surface area contributed by atoms with Gasteiger partial charge in [-0.05, 0) is 44.0 Å². The lowest BCUT2D eigenvalue weighted by Gasteiger charge is -2.36. The molecule has 2 aliphatic heterocycles. The van der Waals surface area contributed by atoms with E-state index in [0.29, 0.717) is 45.0 Å². The average Bonchev–Trinajstić information content (AvgIpc) is 3.01. The molecule has 2 N–H and O–H groups in total. The highest BCUT2D eigenvalue weighted by Crippen LogP contribution is 2.44. The average molecular weight is 386 g/mol. The highest BCUT2D eigenvalue weighted by molar-refractivity contribution is 5.80. The van der Waals surface area contributed by atoms with Gasteiger partial charge >= 0.3 is 5.97 Å². The van der Waals surface area contributed by atoms with Gasteiger partial charge < -0.3 is 19.6 Å². The third-order valence-electron chi connectivity index (χ3n) is 6.10. The number of likely N-dealkylation sites (tertiary alicyclic amines) is 1. The maximum atomic E-state index is 12.6. The number of aromatic nitrogens is 1. The molecule has 7 heteroatoms. The number of aliphatic carboxylic acids is 1. The Balaban J connectivity index is 1.59.